The number of aliphatic hydroxyl groups is 1. The maximum atomic E-state index is 12.2. The van der Waals surface area contributed by atoms with E-state index in [1.54, 1.807) is 0 Å². The van der Waals surface area contributed by atoms with E-state index in [1.165, 1.54) is 19.3 Å². The molecule has 2 fully saturated rings. The number of carbonyl (C=O) groups excluding carboxylic acids is 1. The first-order valence-corrected chi connectivity index (χ1v) is 7.47. The number of aliphatic hydroxyl groups excluding tert-OH is 1. The molecule has 18 heavy (non-hydrogen) atoms. The van der Waals surface area contributed by atoms with Crippen LogP contribution in [-0.4, -0.2) is 35.7 Å². The Balaban J connectivity index is 1.78. The summed E-state index contributed by atoms with van der Waals surface area (Å²) in [5, 5.41) is 16.1. The van der Waals surface area contributed by atoms with E-state index in [1.807, 2.05) is 0 Å². The number of carbonyl (C=O) groups is 1. The van der Waals surface area contributed by atoms with Crippen LogP contribution in [0.4, 0.5) is 0 Å². The van der Waals surface area contributed by atoms with Crippen LogP contribution in [0.15, 0.2) is 0 Å². The summed E-state index contributed by atoms with van der Waals surface area (Å²) in [5.41, 5.74) is 0. The Bertz CT molecular complexity index is 263. The van der Waals surface area contributed by atoms with Crippen LogP contribution in [0.3, 0.4) is 0 Å². The van der Waals surface area contributed by atoms with Gasteiger partial charge < -0.3 is 15.7 Å². The van der Waals surface area contributed by atoms with Crippen molar-refractivity contribution in [2.45, 2.75) is 76.0 Å². The first-order chi connectivity index (χ1) is 8.75. The first-order valence-electron chi connectivity index (χ1n) is 7.47. The Morgan fingerprint density at radius 1 is 1.06 bits per heavy atom. The maximum Gasteiger partial charge on any atom is 0.237 e. The Kier molecular flexibility index (Phi) is 5.45. The lowest BCUT2D eigenvalue weighted by molar-refractivity contribution is -0.124. The minimum Gasteiger partial charge on any atom is -0.393 e. The molecule has 1 saturated heterocycles. The molecule has 1 heterocycles. The lowest BCUT2D eigenvalue weighted by Gasteiger charge is -2.29. The molecule has 3 unspecified atom stereocenters. The van der Waals surface area contributed by atoms with Gasteiger partial charge in [-0.15, -0.1) is 0 Å². The second-order valence-corrected chi connectivity index (χ2v) is 5.74. The summed E-state index contributed by atoms with van der Waals surface area (Å²) in [6.07, 6.45) is 9.18. The Hall–Kier alpha value is -0.610. The zero-order chi connectivity index (χ0) is 12.8. The molecule has 1 amide bonds. The lowest BCUT2D eigenvalue weighted by Crippen LogP contribution is -2.49. The summed E-state index contributed by atoms with van der Waals surface area (Å²) < 4.78 is 0. The molecule has 3 N–H and O–H groups in total. The first kappa shape index (κ1) is 13.8. The van der Waals surface area contributed by atoms with Gasteiger partial charge in [0.05, 0.1) is 12.1 Å². The largest absolute Gasteiger partial charge is 0.393 e. The Morgan fingerprint density at radius 3 is 2.72 bits per heavy atom. The van der Waals surface area contributed by atoms with E-state index >= 15 is 0 Å². The van der Waals surface area contributed by atoms with E-state index in [4.69, 9.17) is 0 Å². The van der Waals surface area contributed by atoms with Gasteiger partial charge >= 0.3 is 0 Å². The summed E-state index contributed by atoms with van der Waals surface area (Å²) in [6.45, 7) is 0.950. The van der Waals surface area contributed by atoms with E-state index in [9.17, 15) is 9.90 Å². The monoisotopic (exact) mass is 254 g/mol. The molecule has 3 atom stereocenters. The summed E-state index contributed by atoms with van der Waals surface area (Å²) in [7, 11) is 0. The summed E-state index contributed by atoms with van der Waals surface area (Å²) >= 11 is 0. The standard InChI is InChI=1S/C14H26N2O2/c17-12-7-5-6-11(10-12)16-14(18)13-8-3-1-2-4-9-15-13/h11-13,15,17H,1-10H2,(H,16,18). The fourth-order valence-corrected chi connectivity index (χ4v) is 3.03. The molecule has 0 aromatic rings. The molecule has 0 spiro atoms. The van der Waals surface area contributed by atoms with Crippen LogP contribution in [0.5, 0.6) is 0 Å². The molecule has 4 heteroatoms. The molecule has 1 aliphatic carbocycles. The van der Waals surface area contributed by atoms with Crippen molar-refractivity contribution in [3.63, 3.8) is 0 Å². The SMILES string of the molecule is O=C(NC1CCCC(O)C1)C1CCCCCCN1. The molecule has 2 rings (SSSR count). The number of amides is 1. The van der Waals surface area contributed by atoms with Gasteiger partial charge in [-0.05, 0) is 45.1 Å². The smallest absolute Gasteiger partial charge is 0.237 e. The molecule has 0 radical (unpaired) electrons. The van der Waals surface area contributed by atoms with Gasteiger partial charge in [0.2, 0.25) is 5.91 Å². The highest BCUT2D eigenvalue weighted by atomic mass is 16.3. The third-order valence-electron chi connectivity index (χ3n) is 4.12. The fourth-order valence-electron chi connectivity index (χ4n) is 3.03. The average molecular weight is 254 g/mol. The van der Waals surface area contributed by atoms with Crippen LogP contribution in [0.2, 0.25) is 0 Å². The van der Waals surface area contributed by atoms with Gasteiger partial charge in [0.25, 0.3) is 0 Å². The van der Waals surface area contributed by atoms with Crippen molar-refractivity contribution in [2.24, 2.45) is 0 Å². The van der Waals surface area contributed by atoms with Gasteiger partial charge in [-0.2, -0.15) is 0 Å². The van der Waals surface area contributed by atoms with Crippen LogP contribution < -0.4 is 10.6 Å². The van der Waals surface area contributed by atoms with Crippen LogP contribution in [0.1, 0.15) is 57.8 Å². The molecule has 104 valence electrons. The van der Waals surface area contributed by atoms with Crippen molar-refractivity contribution in [3.05, 3.63) is 0 Å². The maximum absolute atomic E-state index is 12.2. The summed E-state index contributed by atoms with van der Waals surface area (Å²) in [6, 6.07) is 0.151. The van der Waals surface area contributed by atoms with Crippen LogP contribution >= 0.6 is 0 Å². The van der Waals surface area contributed by atoms with Crippen molar-refractivity contribution >= 4 is 5.91 Å². The minimum atomic E-state index is -0.227. The molecular weight excluding hydrogens is 228 g/mol. The van der Waals surface area contributed by atoms with Crippen molar-refractivity contribution in [1.82, 2.24) is 10.6 Å². The lowest BCUT2D eigenvalue weighted by atomic mass is 9.92. The van der Waals surface area contributed by atoms with E-state index in [0.29, 0.717) is 0 Å². The topological polar surface area (TPSA) is 61.4 Å². The Labute approximate surface area is 110 Å². The molecule has 0 aromatic heterocycles. The van der Waals surface area contributed by atoms with Crippen LogP contribution in [0.25, 0.3) is 0 Å². The molecule has 1 saturated carbocycles. The second-order valence-electron chi connectivity index (χ2n) is 5.74. The number of hydrogen-bond donors (Lipinski definition) is 3. The Morgan fingerprint density at radius 2 is 1.89 bits per heavy atom. The van der Waals surface area contributed by atoms with Gasteiger partial charge in [0.1, 0.15) is 0 Å². The number of hydrogen-bond acceptors (Lipinski definition) is 3. The number of rotatable bonds is 2. The van der Waals surface area contributed by atoms with E-state index < -0.39 is 0 Å². The minimum absolute atomic E-state index is 0.0237. The second kappa shape index (κ2) is 7.10. The molecule has 1 aliphatic heterocycles. The van der Waals surface area contributed by atoms with E-state index in [0.717, 1.165) is 45.1 Å². The molecule has 2 aliphatic rings. The normalized spacial score (nSPS) is 34.4. The highest BCUT2D eigenvalue weighted by Crippen LogP contribution is 2.18. The predicted molar refractivity (Wildman–Crippen MR) is 71.3 cm³/mol. The van der Waals surface area contributed by atoms with Gasteiger partial charge in [-0.25, -0.2) is 0 Å². The average Bonchev–Trinajstić information content (AvgIpc) is 2.28. The van der Waals surface area contributed by atoms with Gasteiger partial charge in [0.15, 0.2) is 0 Å². The van der Waals surface area contributed by atoms with Crippen molar-refractivity contribution < 1.29 is 9.90 Å². The summed E-state index contributed by atoms with van der Waals surface area (Å²) in [4.78, 5) is 12.2. The zero-order valence-electron chi connectivity index (χ0n) is 11.2. The highest BCUT2D eigenvalue weighted by Gasteiger charge is 2.25. The van der Waals surface area contributed by atoms with Crippen molar-refractivity contribution in [3.8, 4) is 0 Å². The van der Waals surface area contributed by atoms with Crippen LogP contribution in [-0.2, 0) is 4.79 Å². The fraction of sp³-hybridized carbons (Fsp3) is 0.929. The predicted octanol–water partition coefficient (Wildman–Crippen LogP) is 1.33. The van der Waals surface area contributed by atoms with Crippen LogP contribution in [0, 0.1) is 0 Å². The van der Waals surface area contributed by atoms with E-state index in [-0.39, 0.29) is 24.1 Å². The van der Waals surface area contributed by atoms with Gasteiger partial charge in [-0.1, -0.05) is 19.3 Å². The zero-order valence-corrected chi connectivity index (χ0v) is 11.2. The van der Waals surface area contributed by atoms with Crippen molar-refractivity contribution in [1.29, 1.82) is 0 Å². The molecular formula is C14H26N2O2. The van der Waals surface area contributed by atoms with Gasteiger partial charge in [-0.3, -0.25) is 4.79 Å². The van der Waals surface area contributed by atoms with E-state index in [2.05, 4.69) is 10.6 Å². The van der Waals surface area contributed by atoms with Gasteiger partial charge in [0, 0.05) is 6.04 Å². The van der Waals surface area contributed by atoms with Crippen molar-refractivity contribution in [2.75, 3.05) is 6.54 Å². The quantitative estimate of drug-likeness (QED) is 0.696. The summed E-state index contributed by atoms with van der Waals surface area (Å²) in [5.74, 6) is 0.135. The third-order valence-corrected chi connectivity index (χ3v) is 4.12. The third kappa shape index (κ3) is 4.25. The molecule has 0 bridgehead atoms. The highest BCUT2D eigenvalue weighted by molar-refractivity contribution is 5.82. The number of nitrogens with one attached hydrogen (secondary N) is 2. The molecule has 0 aromatic carbocycles. The molecule has 4 nitrogen and oxygen atoms in total.